The Bertz CT molecular complexity index is 344. The van der Waals surface area contributed by atoms with Crippen LogP contribution in [0.5, 0.6) is 5.75 Å². The number of rotatable bonds is 5. The molecule has 1 aromatic rings. The van der Waals surface area contributed by atoms with Crippen LogP contribution in [0.25, 0.3) is 0 Å². The van der Waals surface area contributed by atoms with Gasteiger partial charge in [0.05, 0.1) is 0 Å². The molecule has 0 radical (unpaired) electrons. The zero-order valence-corrected chi connectivity index (χ0v) is 12.6. The van der Waals surface area contributed by atoms with Crippen LogP contribution in [0.1, 0.15) is 25.7 Å². The van der Waals surface area contributed by atoms with Gasteiger partial charge in [0.1, 0.15) is 12.4 Å². The fraction of sp³-hybridized carbons (Fsp3) is 0.600. The van der Waals surface area contributed by atoms with Gasteiger partial charge in [-0.3, -0.25) is 4.90 Å². The molecular weight excluding hydrogens is 290 g/mol. The number of hydrogen-bond acceptors (Lipinski definition) is 2. The van der Waals surface area contributed by atoms with E-state index in [4.69, 9.17) is 4.74 Å². The highest BCUT2D eigenvalue weighted by Crippen LogP contribution is 2.27. The molecule has 18 heavy (non-hydrogen) atoms. The fourth-order valence-electron chi connectivity index (χ4n) is 2.55. The third-order valence-corrected chi connectivity index (χ3v) is 4.74. The lowest BCUT2D eigenvalue weighted by atomic mass is 9.94. The lowest BCUT2D eigenvalue weighted by Crippen LogP contribution is -2.42. The Hall–Kier alpha value is -0.540. The van der Waals surface area contributed by atoms with Crippen molar-refractivity contribution in [1.82, 2.24) is 4.90 Å². The topological polar surface area (TPSA) is 12.5 Å². The summed E-state index contributed by atoms with van der Waals surface area (Å²) in [5.41, 5.74) is 0. The Balaban J connectivity index is 1.72. The van der Waals surface area contributed by atoms with Gasteiger partial charge in [-0.25, -0.2) is 0 Å². The highest BCUT2D eigenvalue weighted by molar-refractivity contribution is 9.09. The fourth-order valence-corrected chi connectivity index (χ4v) is 3.54. The third-order valence-electron chi connectivity index (χ3n) is 3.67. The van der Waals surface area contributed by atoms with Gasteiger partial charge in [0.2, 0.25) is 0 Å². The highest BCUT2D eigenvalue weighted by atomic mass is 79.9. The van der Waals surface area contributed by atoms with E-state index in [1.807, 2.05) is 30.3 Å². The van der Waals surface area contributed by atoms with Crippen LogP contribution in [0, 0.1) is 0 Å². The quantitative estimate of drug-likeness (QED) is 0.769. The molecule has 0 heterocycles. The molecule has 2 unspecified atom stereocenters. The summed E-state index contributed by atoms with van der Waals surface area (Å²) < 4.78 is 5.75. The lowest BCUT2D eigenvalue weighted by molar-refractivity contribution is 0.166. The third kappa shape index (κ3) is 3.99. The summed E-state index contributed by atoms with van der Waals surface area (Å²) in [7, 11) is 2.21. The molecule has 0 N–H and O–H groups in total. The average molecular weight is 312 g/mol. The summed E-state index contributed by atoms with van der Waals surface area (Å²) in [5.74, 6) is 0.963. The summed E-state index contributed by atoms with van der Waals surface area (Å²) in [6, 6.07) is 10.7. The minimum absolute atomic E-state index is 0.646. The molecule has 0 saturated heterocycles. The van der Waals surface area contributed by atoms with Crippen molar-refractivity contribution in [3.05, 3.63) is 30.3 Å². The molecule has 1 aromatic carbocycles. The Kier molecular flexibility index (Phi) is 5.51. The molecule has 1 saturated carbocycles. The number of ether oxygens (including phenoxy) is 1. The van der Waals surface area contributed by atoms with Crippen LogP contribution in [0.15, 0.2) is 30.3 Å². The van der Waals surface area contributed by atoms with E-state index >= 15 is 0 Å². The molecule has 0 spiro atoms. The van der Waals surface area contributed by atoms with Crippen LogP contribution in [0.3, 0.4) is 0 Å². The second-order valence-electron chi connectivity index (χ2n) is 5.01. The Labute approximate surface area is 118 Å². The number of alkyl halides is 1. The molecule has 100 valence electrons. The molecule has 0 aromatic heterocycles. The van der Waals surface area contributed by atoms with Crippen molar-refractivity contribution in [2.75, 3.05) is 20.2 Å². The second kappa shape index (κ2) is 7.15. The summed E-state index contributed by atoms with van der Waals surface area (Å²) in [5, 5.41) is 0. The van der Waals surface area contributed by atoms with Crippen LogP contribution >= 0.6 is 15.9 Å². The molecule has 2 atom stereocenters. The number of benzene rings is 1. The van der Waals surface area contributed by atoms with E-state index in [9.17, 15) is 0 Å². The number of nitrogens with zero attached hydrogens (tertiary/aromatic N) is 1. The molecule has 1 aliphatic carbocycles. The van der Waals surface area contributed by atoms with Crippen molar-refractivity contribution in [3.8, 4) is 5.75 Å². The molecule has 1 aliphatic rings. The van der Waals surface area contributed by atoms with Crippen LogP contribution in [-0.2, 0) is 0 Å². The van der Waals surface area contributed by atoms with Crippen molar-refractivity contribution in [2.24, 2.45) is 0 Å². The van der Waals surface area contributed by atoms with Gasteiger partial charge >= 0.3 is 0 Å². The number of likely N-dealkylation sites (N-methyl/N-ethyl adjacent to an activating group) is 1. The summed E-state index contributed by atoms with van der Waals surface area (Å²) >= 11 is 3.81. The second-order valence-corrected chi connectivity index (χ2v) is 6.19. The number of para-hydroxylation sites is 1. The zero-order valence-electron chi connectivity index (χ0n) is 11.0. The van der Waals surface area contributed by atoms with Crippen molar-refractivity contribution < 1.29 is 4.74 Å². The van der Waals surface area contributed by atoms with Crippen molar-refractivity contribution >= 4 is 15.9 Å². The lowest BCUT2D eigenvalue weighted by Gasteiger charge is -2.35. The Morgan fingerprint density at radius 3 is 2.67 bits per heavy atom. The molecular formula is C15H22BrNO. The summed E-state index contributed by atoms with van der Waals surface area (Å²) in [6.07, 6.45) is 5.32. The molecule has 2 rings (SSSR count). The van der Waals surface area contributed by atoms with Crippen LogP contribution in [0.4, 0.5) is 0 Å². The zero-order chi connectivity index (χ0) is 12.8. The van der Waals surface area contributed by atoms with E-state index < -0.39 is 0 Å². The van der Waals surface area contributed by atoms with E-state index in [0.717, 1.165) is 18.9 Å². The van der Waals surface area contributed by atoms with E-state index in [-0.39, 0.29) is 0 Å². The predicted octanol–water partition coefficient (Wildman–Crippen LogP) is 3.70. The number of hydrogen-bond donors (Lipinski definition) is 0. The van der Waals surface area contributed by atoms with Crippen LogP contribution in [-0.4, -0.2) is 36.0 Å². The van der Waals surface area contributed by atoms with Crippen molar-refractivity contribution in [3.63, 3.8) is 0 Å². The van der Waals surface area contributed by atoms with Gasteiger partial charge in [-0.2, -0.15) is 0 Å². The van der Waals surface area contributed by atoms with Gasteiger partial charge in [0, 0.05) is 17.4 Å². The normalized spacial score (nSPS) is 24.2. The largest absolute Gasteiger partial charge is 0.492 e. The SMILES string of the molecule is CN(CCOc1ccccc1)C1CCCCC1Br. The summed E-state index contributed by atoms with van der Waals surface area (Å²) in [4.78, 5) is 3.08. The van der Waals surface area contributed by atoms with Crippen molar-refractivity contribution in [2.45, 2.75) is 36.6 Å². The summed E-state index contributed by atoms with van der Waals surface area (Å²) in [6.45, 7) is 1.75. The first-order valence-electron chi connectivity index (χ1n) is 6.79. The first-order chi connectivity index (χ1) is 8.77. The van der Waals surface area contributed by atoms with Gasteiger partial charge in [0.15, 0.2) is 0 Å². The monoisotopic (exact) mass is 311 g/mol. The number of halogens is 1. The first kappa shape index (κ1) is 13.9. The smallest absolute Gasteiger partial charge is 0.119 e. The van der Waals surface area contributed by atoms with Crippen LogP contribution in [0.2, 0.25) is 0 Å². The molecule has 2 nitrogen and oxygen atoms in total. The van der Waals surface area contributed by atoms with Gasteiger partial charge in [-0.05, 0) is 32.0 Å². The van der Waals surface area contributed by atoms with Gasteiger partial charge in [0.25, 0.3) is 0 Å². The van der Waals surface area contributed by atoms with E-state index in [1.165, 1.54) is 25.7 Å². The Morgan fingerprint density at radius 1 is 1.22 bits per heavy atom. The van der Waals surface area contributed by atoms with Gasteiger partial charge in [-0.1, -0.05) is 47.0 Å². The maximum atomic E-state index is 5.75. The highest BCUT2D eigenvalue weighted by Gasteiger charge is 2.25. The minimum atomic E-state index is 0.646. The average Bonchev–Trinajstić information content (AvgIpc) is 2.40. The Morgan fingerprint density at radius 2 is 1.94 bits per heavy atom. The standard InChI is InChI=1S/C15H22BrNO/c1-17(15-10-6-5-9-14(15)16)11-12-18-13-7-3-2-4-8-13/h2-4,7-8,14-15H,5-6,9-12H2,1H3. The molecule has 1 fully saturated rings. The maximum absolute atomic E-state index is 5.75. The van der Waals surface area contributed by atoms with Gasteiger partial charge in [-0.15, -0.1) is 0 Å². The van der Waals surface area contributed by atoms with Crippen LogP contribution < -0.4 is 4.74 Å². The molecule has 0 bridgehead atoms. The van der Waals surface area contributed by atoms with E-state index in [0.29, 0.717) is 10.9 Å². The predicted molar refractivity (Wildman–Crippen MR) is 79.5 cm³/mol. The van der Waals surface area contributed by atoms with E-state index in [2.05, 4.69) is 27.9 Å². The molecule has 3 heteroatoms. The minimum Gasteiger partial charge on any atom is -0.492 e. The maximum Gasteiger partial charge on any atom is 0.119 e. The molecule has 0 amide bonds. The van der Waals surface area contributed by atoms with Crippen molar-refractivity contribution in [1.29, 1.82) is 0 Å². The molecule has 0 aliphatic heterocycles. The van der Waals surface area contributed by atoms with Gasteiger partial charge < -0.3 is 4.74 Å². The first-order valence-corrected chi connectivity index (χ1v) is 7.71. The van der Waals surface area contributed by atoms with E-state index in [1.54, 1.807) is 0 Å².